The van der Waals surface area contributed by atoms with Gasteiger partial charge in [0.2, 0.25) is 0 Å². The van der Waals surface area contributed by atoms with Crippen LogP contribution in [0, 0.1) is 0 Å². The van der Waals surface area contributed by atoms with Crippen LogP contribution in [0.5, 0.6) is 5.75 Å². The monoisotopic (exact) mass is 479 g/mol. The minimum absolute atomic E-state index is 0.175. The standard InChI is InChI=1S/C25H31Cl2NO4/c1-24(2,3)32-23(29)12-13-28-14-15-31-25(4,17-28)18-8-10-19(11-9-18)30-16-20-21(26)6-5-7-22(20)27/h5-11H,12-17H2,1-4H3. The molecule has 0 radical (unpaired) electrons. The van der Waals surface area contributed by atoms with E-state index >= 15 is 0 Å². The lowest BCUT2D eigenvalue weighted by Crippen LogP contribution is -2.48. The highest BCUT2D eigenvalue weighted by molar-refractivity contribution is 6.35. The van der Waals surface area contributed by atoms with Gasteiger partial charge in [0, 0.05) is 35.2 Å². The summed E-state index contributed by atoms with van der Waals surface area (Å²) in [6, 6.07) is 13.3. The first-order valence-corrected chi connectivity index (χ1v) is 11.6. The van der Waals surface area contributed by atoms with Crippen molar-refractivity contribution < 1.29 is 19.0 Å². The van der Waals surface area contributed by atoms with Gasteiger partial charge in [-0.2, -0.15) is 0 Å². The summed E-state index contributed by atoms with van der Waals surface area (Å²) in [4.78, 5) is 14.3. The van der Waals surface area contributed by atoms with Crippen LogP contribution in [-0.2, 0) is 26.5 Å². The molecule has 0 aliphatic carbocycles. The van der Waals surface area contributed by atoms with E-state index in [1.54, 1.807) is 12.1 Å². The minimum Gasteiger partial charge on any atom is -0.489 e. The van der Waals surface area contributed by atoms with Crippen LogP contribution in [0.2, 0.25) is 10.0 Å². The number of carbonyl (C=O) groups is 1. The predicted octanol–water partition coefficient (Wildman–Crippen LogP) is 5.85. The Balaban J connectivity index is 1.57. The van der Waals surface area contributed by atoms with E-state index in [0.717, 1.165) is 23.4 Å². The average Bonchev–Trinajstić information content (AvgIpc) is 2.71. The molecular formula is C25H31Cl2NO4. The molecule has 0 aromatic heterocycles. The fourth-order valence-electron chi connectivity index (χ4n) is 3.69. The zero-order valence-electron chi connectivity index (χ0n) is 19.1. The number of halogens is 2. The lowest BCUT2D eigenvalue weighted by Gasteiger charge is -2.41. The quantitative estimate of drug-likeness (QED) is 0.466. The van der Waals surface area contributed by atoms with Crippen LogP contribution in [-0.4, -0.2) is 42.7 Å². The molecule has 1 unspecified atom stereocenters. The molecule has 32 heavy (non-hydrogen) atoms. The first-order valence-electron chi connectivity index (χ1n) is 10.8. The van der Waals surface area contributed by atoms with Gasteiger partial charge in [-0.05, 0) is 57.5 Å². The van der Waals surface area contributed by atoms with E-state index in [4.69, 9.17) is 37.4 Å². The number of ether oxygens (including phenoxy) is 3. The summed E-state index contributed by atoms with van der Waals surface area (Å²) in [5, 5.41) is 1.17. The average molecular weight is 480 g/mol. The summed E-state index contributed by atoms with van der Waals surface area (Å²) in [6.07, 6.45) is 0.366. The second-order valence-corrected chi connectivity index (χ2v) is 10.0. The third-order valence-electron chi connectivity index (χ3n) is 5.32. The summed E-state index contributed by atoms with van der Waals surface area (Å²) >= 11 is 12.4. The van der Waals surface area contributed by atoms with Crippen LogP contribution < -0.4 is 4.74 Å². The van der Waals surface area contributed by atoms with E-state index in [0.29, 0.717) is 42.8 Å². The lowest BCUT2D eigenvalue weighted by molar-refractivity contribution is -0.156. The van der Waals surface area contributed by atoms with Crippen LogP contribution in [0.1, 0.15) is 45.2 Å². The molecule has 0 N–H and O–H groups in total. The molecule has 2 aromatic rings. The van der Waals surface area contributed by atoms with Gasteiger partial charge in [0.25, 0.3) is 0 Å². The molecule has 174 valence electrons. The second kappa shape index (κ2) is 10.4. The van der Waals surface area contributed by atoms with Crippen molar-refractivity contribution in [1.82, 2.24) is 4.90 Å². The number of rotatable bonds is 7. The Morgan fingerprint density at radius 3 is 2.41 bits per heavy atom. The maximum absolute atomic E-state index is 12.1. The van der Waals surface area contributed by atoms with Crippen molar-refractivity contribution >= 4 is 29.2 Å². The number of hydrogen-bond acceptors (Lipinski definition) is 5. The first-order chi connectivity index (χ1) is 15.1. The number of carbonyl (C=O) groups excluding carboxylic acids is 1. The predicted molar refractivity (Wildman–Crippen MR) is 127 cm³/mol. The maximum atomic E-state index is 12.1. The fraction of sp³-hybridized carbons (Fsp3) is 0.480. The molecule has 2 aromatic carbocycles. The topological polar surface area (TPSA) is 48.0 Å². The van der Waals surface area contributed by atoms with E-state index in [-0.39, 0.29) is 5.97 Å². The third kappa shape index (κ3) is 6.85. The number of nitrogens with zero attached hydrogens (tertiary/aromatic N) is 1. The molecular weight excluding hydrogens is 449 g/mol. The summed E-state index contributed by atoms with van der Waals surface area (Å²) < 4.78 is 17.4. The molecule has 0 bridgehead atoms. The Labute approximate surface area is 200 Å². The minimum atomic E-state index is -0.462. The van der Waals surface area contributed by atoms with Crippen molar-refractivity contribution in [2.45, 2.75) is 51.9 Å². The van der Waals surface area contributed by atoms with Crippen molar-refractivity contribution in [2.75, 3.05) is 26.2 Å². The van der Waals surface area contributed by atoms with Gasteiger partial charge in [-0.15, -0.1) is 0 Å². The summed E-state index contributed by atoms with van der Waals surface area (Å²) in [5.41, 5.74) is 0.902. The highest BCUT2D eigenvalue weighted by atomic mass is 35.5. The van der Waals surface area contributed by atoms with Crippen molar-refractivity contribution in [1.29, 1.82) is 0 Å². The van der Waals surface area contributed by atoms with Crippen LogP contribution in [0.15, 0.2) is 42.5 Å². The molecule has 7 heteroatoms. The highest BCUT2D eigenvalue weighted by Gasteiger charge is 2.34. The second-order valence-electron chi connectivity index (χ2n) is 9.21. The molecule has 1 heterocycles. The molecule has 0 saturated carbocycles. The van der Waals surface area contributed by atoms with Crippen LogP contribution in [0.4, 0.5) is 0 Å². The van der Waals surface area contributed by atoms with Gasteiger partial charge in [-0.3, -0.25) is 9.69 Å². The zero-order valence-corrected chi connectivity index (χ0v) is 20.6. The molecule has 0 amide bonds. The number of esters is 1. The molecule has 5 nitrogen and oxygen atoms in total. The molecule has 0 spiro atoms. The summed E-state index contributed by atoms with van der Waals surface area (Å²) in [6.45, 7) is 10.8. The fourth-order valence-corrected chi connectivity index (χ4v) is 4.19. The highest BCUT2D eigenvalue weighted by Crippen LogP contribution is 2.31. The number of benzene rings is 2. The third-order valence-corrected chi connectivity index (χ3v) is 6.02. The van der Waals surface area contributed by atoms with Crippen LogP contribution >= 0.6 is 23.2 Å². The van der Waals surface area contributed by atoms with Gasteiger partial charge in [0.1, 0.15) is 23.6 Å². The van der Waals surface area contributed by atoms with E-state index in [2.05, 4.69) is 11.8 Å². The van der Waals surface area contributed by atoms with Gasteiger partial charge in [0.15, 0.2) is 0 Å². The maximum Gasteiger partial charge on any atom is 0.307 e. The zero-order chi connectivity index (χ0) is 23.4. The van der Waals surface area contributed by atoms with E-state index in [1.807, 2.05) is 51.1 Å². The van der Waals surface area contributed by atoms with Crippen molar-refractivity contribution in [3.63, 3.8) is 0 Å². The summed E-state index contributed by atoms with van der Waals surface area (Å²) in [7, 11) is 0. The molecule has 1 aliphatic rings. The van der Waals surface area contributed by atoms with Crippen molar-refractivity contribution in [3.8, 4) is 5.75 Å². The van der Waals surface area contributed by atoms with E-state index in [9.17, 15) is 4.79 Å². The Morgan fingerprint density at radius 2 is 1.78 bits per heavy atom. The summed E-state index contributed by atoms with van der Waals surface area (Å²) in [5.74, 6) is 0.553. The van der Waals surface area contributed by atoms with Gasteiger partial charge >= 0.3 is 5.97 Å². The van der Waals surface area contributed by atoms with Crippen molar-refractivity contribution in [2.24, 2.45) is 0 Å². The Kier molecular flexibility index (Phi) is 8.10. The Bertz CT molecular complexity index is 906. The van der Waals surface area contributed by atoms with E-state index in [1.165, 1.54) is 0 Å². The van der Waals surface area contributed by atoms with Crippen molar-refractivity contribution in [3.05, 3.63) is 63.6 Å². The smallest absolute Gasteiger partial charge is 0.307 e. The Hall–Kier alpha value is -1.79. The van der Waals surface area contributed by atoms with Gasteiger partial charge < -0.3 is 14.2 Å². The van der Waals surface area contributed by atoms with Gasteiger partial charge in [-0.1, -0.05) is 41.4 Å². The molecule has 1 aliphatic heterocycles. The van der Waals surface area contributed by atoms with Gasteiger partial charge in [-0.25, -0.2) is 0 Å². The normalized spacial score (nSPS) is 19.6. The molecule has 1 atom stereocenters. The molecule has 3 rings (SSSR count). The first kappa shape index (κ1) is 24.8. The largest absolute Gasteiger partial charge is 0.489 e. The van der Waals surface area contributed by atoms with Crippen LogP contribution in [0.3, 0.4) is 0 Å². The molecule has 1 fully saturated rings. The SMILES string of the molecule is CC(C)(C)OC(=O)CCN1CCOC(C)(c2ccc(OCc3c(Cl)cccc3Cl)cc2)C1. The number of morpholine rings is 1. The van der Waals surface area contributed by atoms with Gasteiger partial charge in [0.05, 0.1) is 13.0 Å². The Morgan fingerprint density at radius 1 is 1.12 bits per heavy atom. The number of hydrogen-bond donors (Lipinski definition) is 0. The van der Waals surface area contributed by atoms with E-state index < -0.39 is 11.2 Å². The lowest BCUT2D eigenvalue weighted by atomic mass is 9.93. The molecule has 1 saturated heterocycles. The van der Waals surface area contributed by atoms with Crippen LogP contribution in [0.25, 0.3) is 0 Å².